The Hall–Kier alpha value is -1.52. The van der Waals surface area contributed by atoms with Gasteiger partial charge in [-0.3, -0.25) is 4.79 Å². The first-order valence-corrected chi connectivity index (χ1v) is 6.66. The molecule has 5 nitrogen and oxygen atoms in total. The van der Waals surface area contributed by atoms with Crippen LogP contribution in [0.25, 0.3) is 0 Å². The van der Waals surface area contributed by atoms with Crippen molar-refractivity contribution in [2.75, 3.05) is 0 Å². The van der Waals surface area contributed by atoms with E-state index in [2.05, 4.69) is 10.6 Å². The Balaban J connectivity index is 1.86. The lowest BCUT2D eigenvalue weighted by atomic mass is 9.88. The molecule has 2 aliphatic heterocycles. The highest BCUT2D eigenvalue weighted by Crippen LogP contribution is 2.27. The van der Waals surface area contributed by atoms with Crippen LogP contribution in [0.3, 0.4) is 0 Å². The summed E-state index contributed by atoms with van der Waals surface area (Å²) < 4.78 is 5.09. The molecule has 5 heteroatoms. The van der Waals surface area contributed by atoms with Crippen LogP contribution < -0.4 is 10.6 Å². The predicted octanol–water partition coefficient (Wildman–Crippen LogP) is 0.606. The van der Waals surface area contributed by atoms with Gasteiger partial charge in [-0.2, -0.15) is 0 Å². The maximum atomic E-state index is 12.0. The van der Waals surface area contributed by atoms with Gasteiger partial charge in [0.2, 0.25) is 0 Å². The fourth-order valence-corrected chi connectivity index (χ4v) is 3.06. The molecule has 0 aromatic carbocycles. The first-order valence-electron chi connectivity index (χ1n) is 6.66. The fraction of sp³-hybridized carbons (Fsp3) is 0.692. The lowest BCUT2D eigenvalue weighted by molar-refractivity contribution is -0.138. The molecule has 98 valence electrons. The van der Waals surface area contributed by atoms with Crippen molar-refractivity contribution in [2.45, 2.75) is 57.2 Å². The van der Waals surface area contributed by atoms with Gasteiger partial charge in [-0.25, -0.2) is 4.79 Å². The first-order chi connectivity index (χ1) is 8.65. The molecule has 2 heterocycles. The monoisotopic (exact) mass is 250 g/mol. The second kappa shape index (κ2) is 4.30. The van der Waals surface area contributed by atoms with Crippen molar-refractivity contribution in [3.05, 3.63) is 11.3 Å². The Kier molecular flexibility index (Phi) is 2.76. The number of carbonyl (C=O) groups is 2. The molecule has 3 atom stereocenters. The summed E-state index contributed by atoms with van der Waals surface area (Å²) in [6, 6.07) is 0.480. The van der Waals surface area contributed by atoms with Gasteiger partial charge >= 0.3 is 5.97 Å². The van der Waals surface area contributed by atoms with E-state index in [9.17, 15) is 9.59 Å². The molecule has 1 saturated carbocycles. The molecular formula is C13H18N2O3. The maximum Gasteiger partial charge on any atom is 0.336 e. The minimum atomic E-state index is -0.352. The molecule has 3 fully saturated rings. The largest absolute Gasteiger partial charge is 0.459 e. The number of piperazine rings is 1. The van der Waals surface area contributed by atoms with E-state index in [0.29, 0.717) is 17.7 Å². The number of fused-ring (bicyclic) bond motifs is 1. The summed E-state index contributed by atoms with van der Waals surface area (Å²) in [6.45, 7) is 1.84. The van der Waals surface area contributed by atoms with Gasteiger partial charge in [-0.1, -0.05) is 12.8 Å². The Morgan fingerprint density at radius 1 is 1.11 bits per heavy atom. The van der Waals surface area contributed by atoms with Gasteiger partial charge in [0.25, 0.3) is 5.91 Å². The van der Waals surface area contributed by atoms with Gasteiger partial charge in [0.1, 0.15) is 11.8 Å². The van der Waals surface area contributed by atoms with Crippen LogP contribution in [0.5, 0.6) is 0 Å². The zero-order chi connectivity index (χ0) is 12.7. The molecule has 3 rings (SSSR count). The van der Waals surface area contributed by atoms with Crippen LogP contribution in [-0.2, 0) is 14.3 Å². The topological polar surface area (TPSA) is 67.4 Å². The average molecular weight is 250 g/mol. The third kappa shape index (κ3) is 1.87. The number of rotatable bonds is 0. The molecule has 2 saturated heterocycles. The van der Waals surface area contributed by atoms with Gasteiger partial charge in [0.05, 0.1) is 5.57 Å². The number of hydrogen-bond acceptors (Lipinski definition) is 4. The molecule has 0 spiro atoms. The summed E-state index contributed by atoms with van der Waals surface area (Å²) in [5.74, 6) is -0.506. The van der Waals surface area contributed by atoms with E-state index in [-0.39, 0.29) is 30.1 Å². The van der Waals surface area contributed by atoms with Gasteiger partial charge < -0.3 is 15.4 Å². The van der Waals surface area contributed by atoms with Crippen molar-refractivity contribution in [3.63, 3.8) is 0 Å². The summed E-state index contributed by atoms with van der Waals surface area (Å²) in [4.78, 5) is 23.7. The highest BCUT2D eigenvalue weighted by molar-refractivity contribution is 6.04. The molecular weight excluding hydrogens is 232 g/mol. The molecule has 0 aromatic heterocycles. The summed E-state index contributed by atoms with van der Waals surface area (Å²) in [6.07, 6.45) is 4.80. The van der Waals surface area contributed by atoms with Crippen LogP contribution in [0.15, 0.2) is 11.3 Å². The van der Waals surface area contributed by atoms with Gasteiger partial charge in [-0.15, -0.1) is 0 Å². The first kappa shape index (κ1) is 11.6. The fourth-order valence-electron chi connectivity index (χ4n) is 3.06. The third-order valence-electron chi connectivity index (χ3n) is 3.99. The van der Waals surface area contributed by atoms with Crippen LogP contribution in [-0.4, -0.2) is 30.1 Å². The van der Waals surface area contributed by atoms with Crippen LogP contribution in [0, 0.1) is 0 Å². The molecule has 3 aliphatic rings. The second-order valence-electron chi connectivity index (χ2n) is 5.39. The van der Waals surface area contributed by atoms with Crippen molar-refractivity contribution in [1.29, 1.82) is 0 Å². The van der Waals surface area contributed by atoms with Gasteiger partial charge in [0.15, 0.2) is 0 Å². The Morgan fingerprint density at radius 3 is 2.39 bits per heavy atom. The summed E-state index contributed by atoms with van der Waals surface area (Å²) in [7, 11) is 0. The molecule has 0 bridgehead atoms. The Labute approximate surface area is 106 Å². The highest BCUT2D eigenvalue weighted by Gasteiger charge is 2.38. The number of nitrogens with one attached hydrogen (secondary N) is 2. The molecule has 0 radical (unpaired) electrons. The number of esters is 1. The maximum absolute atomic E-state index is 12.0. The van der Waals surface area contributed by atoms with Crippen molar-refractivity contribution < 1.29 is 14.3 Å². The van der Waals surface area contributed by atoms with E-state index < -0.39 is 0 Å². The van der Waals surface area contributed by atoms with E-state index >= 15 is 0 Å². The average Bonchev–Trinajstić information content (AvgIpc) is 2.67. The minimum absolute atomic E-state index is 0.126. The number of ether oxygens (including phenoxy) is 1. The molecule has 1 amide bonds. The summed E-state index contributed by atoms with van der Waals surface area (Å²) >= 11 is 0. The molecule has 3 unspecified atom stereocenters. The van der Waals surface area contributed by atoms with Crippen molar-refractivity contribution in [2.24, 2.45) is 0 Å². The van der Waals surface area contributed by atoms with Crippen LogP contribution in [0.4, 0.5) is 0 Å². The highest BCUT2D eigenvalue weighted by atomic mass is 16.5. The van der Waals surface area contributed by atoms with E-state index in [4.69, 9.17) is 4.74 Å². The zero-order valence-corrected chi connectivity index (χ0v) is 10.5. The number of amides is 1. The Morgan fingerprint density at radius 2 is 1.78 bits per heavy atom. The summed E-state index contributed by atoms with van der Waals surface area (Å²) in [5, 5.41) is 6.28. The zero-order valence-electron chi connectivity index (χ0n) is 10.5. The normalized spacial score (nSPS) is 39.7. The van der Waals surface area contributed by atoms with Crippen LogP contribution >= 0.6 is 0 Å². The van der Waals surface area contributed by atoms with Crippen molar-refractivity contribution >= 4 is 11.9 Å². The lowest BCUT2D eigenvalue weighted by Gasteiger charge is -2.38. The van der Waals surface area contributed by atoms with E-state index in [1.165, 1.54) is 6.42 Å². The number of carbonyl (C=O) groups excluding carboxylic acids is 2. The smallest absolute Gasteiger partial charge is 0.336 e. The quantitative estimate of drug-likeness (QED) is 0.488. The van der Waals surface area contributed by atoms with Gasteiger partial charge in [0, 0.05) is 18.5 Å². The molecule has 1 aliphatic carbocycles. The summed E-state index contributed by atoms with van der Waals surface area (Å²) in [5.41, 5.74) is 0.941. The van der Waals surface area contributed by atoms with E-state index in [0.717, 1.165) is 19.3 Å². The number of hydrogen-bond donors (Lipinski definition) is 2. The van der Waals surface area contributed by atoms with Gasteiger partial charge in [-0.05, 0) is 19.8 Å². The molecule has 18 heavy (non-hydrogen) atoms. The van der Waals surface area contributed by atoms with Crippen LogP contribution in [0.2, 0.25) is 0 Å². The van der Waals surface area contributed by atoms with Crippen LogP contribution in [0.1, 0.15) is 39.0 Å². The van der Waals surface area contributed by atoms with Crippen molar-refractivity contribution in [3.8, 4) is 0 Å². The van der Waals surface area contributed by atoms with Crippen molar-refractivity contribution in [1.82, 2.24) is 10.6 Å². The lowest BCUT2D eigenvalue weighted by Crippen LogP contribution is -2.59. The standard InChI is InChI=1S/C13H18N2O3/c1-7-6-8(13(17)18-7)11-12(16)15-10-5-3-2-4-9(10)14-11/h7,9-10,14H,2-6H2,1H3,(H,15,16). The SMILES string of the molecule is CC1CC(=C2NC3CCCCC3NC2=O)C(=O)O1. The van der Waals surface area contributed by atoms with E-state index in [1.54, 1.807) is 0 Å². The molecule has 0 aromatic rings. The minimum Gasteiger partial charge on any atom is -0.459 e. The van der Waals surface area contributed by atoms with E-state index in [1.807, 2.05) is 6.92 Å². The predicted molar refractivity (Wildman–Crippen MR) is 64.5 cm³/mol. The second-order valence-corrected chi connectivity index (χ2v) is 5.39. The Bertz CT molecular complexity index is 430. The number of cyclic esters (lactones) is 1. The molecule has 2 N–H and O–H groups in total. The third-order valence-corrected chi connectivity index (χ3v) is 3.99.